The number of aliphatic hydroxyl groups is 1. The zero-order valence-electron chi connectivity index (χ0n) is 8.13. The molecule has 1 rings (SSSR count). The van der Waals surface area contributed by atoms with Gasteiger partial charge in [-0.15, -0.1) is 0 Å². The van der Waals surface area contributed by atoms with Crippen LogP contribution in [0.25, 0.3) is 0 Å². The maximum Gasteiger partial charge on any atom is 0.146 e. The number of benzene rings is 1. The Morgan fingerprint density at radius 2 is 2.14 bits per heavy atom. The van der Waals surface area contributed by atoms with Gasteiger partial charge in [-0.2, -0.15) is 0 Å². The van der Waals surface area contributed by atoms with Crippen LogP contribution in [0.15, 0.2) is 18.2 Å². The minimum absolute atomic E-state index is 0.00964. The average molecular weight is 198 g/mol. The van der Waals surface area contributed by atoms with Crippen LogP contribution in [-0.2, 0) is 5.54 Å². The first-order chi connectivity index (χ1) is 6.47. The van der Waals surface area contributed by atoms with Gasteiger partial charge in [0.25, 0.3) is 0 Å². The van der Waals surface area contributed by atoms with Crippen molar-refractivity contribution in [1.29, 1.82) is 0 Å². The monoisotopic (exact) mass is 198 g/mol. The van der Waals surface area contributed by atoms with Crippen molar-refractivity contribution in [3.8, 4) is 0 Å². The van der Waals surface area contributed by atoms with Gasteiger partial charge in [0, 0.05) is 12.1 Å². The largest absolute Gasteiger partial charge is 0.396 e. The average Bonchev–Trinajstić information content (AvgIpc) is 2.09. The number of anilines is 1. The zero-order chi connectivity index (χ0) is 10.8. The van der Waals surface area contributed by atoms with E-state index in [1.165, 1.54) is 12.1 Å². The molecule has 0 fully saturated rings. The number of rotatable bonds is 3. The molecule has 0 amide bonds. The van der Waals surface area contributed by atoms with E-state index in [4.69, 9.17) is 16.6 Å². The summed E-state index contributed by atoms with van der Waals surface area (Å²) in [4.78, 5) is 0. The van der Waals surface area contributed by atoms with Crippen molar-refractivity contribution < 1.29 is 9.50 Å². The standard InChI is InChI=1S/C10H15FN2O/c1-10(13,4-5-14)7-2-3-8(11)9(12)6-7/h2-3,6,14H,4-5,12-13H2,1H3. The molecule has 1 atom stereocenters. The van der Waals surface area contributed by atoms with Crippen molar-refractivity contribution in [3.05, 3.63) is 29.6 Å². The van der Waals surface area contributed by atoms with E-state index < -0.39 is 11.4 Å². The summed E-state index contributed by atoms with van der Waals surface area (Å²) in [7, 11) is 0. The lowest BCUT2D eigenvalue weighted by Gasteiger charge is -2.24. The van der Waals surface area contributed by atoms with E-state index in [9.17, 15) is 4.39 Å². The van der Waals surface area contributed by atoms with Crippen molar-refractivity contribution in [3.63, 3.8) is 0 Å². The maximum atomic E-state index is 12.9. The molecule has 4 heteroatoms. The lowest BCUT2D eigenvalue weighted by Crippen LogP contribution is -2.34. The van der Waals surface area contributed by atoms with Crippen LogP contribution in [0, 0.1) is 5.82 Å². The van der Waals surface area contributed by atoms with Crippen LogP contribution in [0.2, 0.25) is 0 Å². The molecule has 0 aliphatic carbocycles. The molecule has 5 N–H and O–H groups in total. The molecule has 0 saturated carbocycles. The Morgan fingerprint density at radius 1 is 1.50 bits per heavy atom. The number of aliphatic hydroxyl groups excluding tert-OH is 1. The van der Waals surface area contributed by atoms with Crippen LogP contribution in [0.3, 0.4) is 0 Å². The molecule has 0 radical (unpaired) electrons. The van der Waals surface area contributed by atoms with Gasteiger partial charge < -0.3 is 16.6 Å². The highest BCUT2D eigenvalue weighted by molar-refractivity contribution is 5.44. The third-order valence-electron chi connectivity index (χ3n) is 2.29. The molecule has 0 saturated heterocycles. The van der Waals surface area contributed by atoms with E-state index in [1.807, 2.05) is 0 Å². The summed E-state index contributed by atoms with van der Waals surface area (Å²) in [6, 6.07) is 4.37. The fourth-order valence-corrected chi connectivity index (χ4v) is 1.28. The van der Waals surface area contributed by atoms with Crippen molar-refractivity contribution in [1.82, 2.24) is 0 Å². The van der Waals surface area contributed by atoms with Crippen molar-refractivity contribution >= 4 is 5.69 Å². The van der Waals surface area contributed by atoms with Gasteiger partial charge in [-0.1, -0.05) is 6.07 Å². The minimum Gasteiger partial charge on any atom is -0.396 e. The Morgan fingerprint density at radius 3 is 2.64 bits per heavy atom. The van der Waals surface area contributed by atoms with Gasteiger partial charge in [0.05, 0.1) is 5.69 Å². The molecular formula is C10H15FN2O. The van der Waals surface area contributed by atoms with Crippen LogP contribution >= 0.6 is 0 Å². The first kappa shape index (κ1) is 10.9. The second-order valence-electron chi connectivity index (χ2n) is 3.63. The third kappa shape index (κ3) is 2.21. The summed E-state index contributed by atoms with van der Waals surface area (Å²) in [5, 5.41) is 8.80. The molecular weight excluding hydrogens is 183 g/mol. The SMILES string of the molecule is CC(N)(CCO)c1ccc(F)c(N)c1. The Hall–Kier alpha value is -1.13. The predicted molar refractivity (Wildman–Crippen MR) is 54.1 cm³/mol. The maximum absolute atomic E-state index is 12.9. The van der Waals surface area contributed by atoms with Crippen LogP contribution in [-0.4, -0.2) is 11.7 Å². The van der Waals surface area contributed by atoms with Crippen LogP contribution < -0.4 is 11.5 Å². The summed E-state index contributed by atoms with van der Waals surface area (Å²) in [5.41, 5.74) is 11.5. The van der Waals surface area contributed by atoms with Crippen molar-refractivity contribution in [2.75, 3.05) is 12.3 Å². The molecule has 0 spiro atoms. The second kappa shape index (κ2) is 3.94. The Balaban J connectivity index is 3.01. The Kier molecular flexibility index (Phi) is 3.08. The molecule has 0 aromatic heterocycles. The van der Waals surface area contributed by atoms with Gasteiger partial charge in [0.15, 0.2) is 0 Å². The van der Waals surface area contributed by atoms with Crippen LogP contribution in [0.1, 0.15) is 18.9 Å². The lowest BCUT2D eigenvalue weighted by molar-refractivity contribution is 0.247. The van der Waals surface area contributed by atoms with Gasteiger partial charge in [-0.3, -0.25) is 0 Å². The molecule has 0 bridgehead atoms. The summed E-state index contributed by atoms with van der Waals surface area (Å²) in [5.74, 6) is -0.450. The molecule has 14 heavy (non-hydrogen) atoms. The molecule has 0 aliphatic heterocycles. The summed E-state index contributed by atoms with van der Waals surface area (Å²) in [6.45, 7) is 1.76. The molecule has 1 unspecified atom stereocenters. The highest BCUT2D eigenvalue weighted by Gasteiger charge is 2.21. The van der Waals surface area contributed by atoms with Gasteiger partial charge in [0.2, 0.25) is 0 Å². The first-order valence-corrected chi connectivity index (χ1v) is 4.42. The highest BCUT2D eigenvalue weighted by Crippen LogP contribution is 2.24. The van der Waals surface area contributed by atoms with E-state index >= 15 is 0 Å². The number of halogens is 1. The Labute approximate surface area is 82.5 Å². The molecule has 1 aromatic rings. The van der Waals surface area contributed by atoms with Gasteiger partial charge in [0.1, 0.15) is 5.82 Å². The van der Waals surface area contributed by atoms with Gasteiger partial charge in [-0.05, 0) is 31.0 Å². The van der Waals surface area contributed by atoms with Crippen molar-refractivity contribution in [2.45, 2.75) is 18.9 Å². The second-order valence-corrected chi connectivity index (χ2v) is 3.63. The van der Waals surface area contributed by atoms with E-state index in [2.05, 4.69) is 0 Å². The molecule has 0 heterocycles. The van der Waals surface area contributed by atoms with E-state index in [0.29, 0.717) is 6.42 Å². The van der Waals surface area contributed by atoms with Crippen LogP contribution in [0.4, 0.5) is 10.1 Å². The van der Waals surface area contributed by atoms with E-state index in [-0.39, 0.29) is 12.3 Å². The first-order valence-electron chi connectivity index (χ1n) is 4.42. The third-order valence-corrected chi connectivity index (χ3v) is 2.29. The molecule has 78 valence electrons. The van der Waals surface area contributed by atoms with Gasteiger partial charge in [-0.25, -0.2) is 4.39 Å². The normalized spacial score (nSPS) is 15.1. The summed E-state index contributed by atoms with van der Waals surface area (Å²) in [6.07, 6.45) is 0.415. The fourth-order valence-electron chi connectivity index (χ4n) is 1.28. The summed E-state index contributed by atoms with van der Waals surface area (Å²) < 4.78 is 12.9. The lowest BCUT2D eigenvalue weighted by atomic mass is 9.90. The minimum atomic E-state index is -0.670. The summed E-state index contributed by atoms with van der Waals surface area (Å²) >= 11 is 0. The number of nitrogen functional groups attached to an aromatic ring is 1. The number of nitrogens with two attached hydrogens (primary N) is 2. The molecule has 1 aromatic carbocycles. The Bertz CT molecular complexity index is 326. The molecule has 0 aliphatic rings. The fraction of sp³-hybridized carbons (Fsp3) is 0.400. The van der Waals surface area contributed by atoms with E-state index in [0.717, 1.165) is 5.56 Å². The topological polar surface area (TPSA) is 72.3 Å². The van der Waals surface area contributed by atoms with Gasteiger partial charge >= 0.3 is 0 Å². The number of hydrogen-bond acceptors (Lipinski definition) is 3. The van der Waals surface area contributed by atoms with Crippen molar-refractivity contribution in [2.24, 2.45) is 5.73 Å². The highest BCUT2D eigenvalue weighted by atomic mass is 19.1. The van der Waals surface area contributed by atoms with E-state index in [1.54, 1.807) is 13.0 Å². The number of hydrogen-bond donors (Lipinski definition) is 3. The predicted octanol–water partition coefficient (Wildman–Crippen LogP) is 0.964. The zero-order valence-corrected chi connectivity index (χ0v) is 8.13. The molecule has 3 nitrogen and oxygen atoms in total. The quantitative estimate of drug-likeness (QED) is 0.633. The smallest absolute Gasteiger partial charge is 0.146 e. The van der Waals surface area contributed by atoms with Crippen LogP contribution in [0.5, 0.6) is 0 Å².